The monoisotopic (exact) mass is 273 g/mol. The number of nitrogens with one attached hydrogen (secondary N) is 1. The average molecular weight is 274 g/mol. The van der Waals surface area contributed by atoms with Crippen molar-refractivity contribution in [3.05, 3.63) is 21.3 Å². The van der Waals surface area contributed by atoms with Crippen molar-refractivity contribution in [3.63, 3.8) is 0 Å². The van der Waals surface area contributed by atoms with Crippen molar-refractivity contribution in [1.29, 1.82) is 0 Å². The predicted octanol–water partition coefficient (Wildman–Crippen LogP) is 4.75. The molecule has 0 spiro atoms. The highest BCUT2D eigenvalue weighted by Crippen LogP contribution is 2.30. The smallest absolute Gasteiger partial charge is 0.0544 e. The van der Waals surface area contributed by atoms with Crippen LogP contribution < -0.4 is 5.32 Å². The molecule has 0 radical (unpaired) electrons. The van der Waals surface area contributed by atoms with E-state index < -0.39 is 0 Å². The van der Waals surface area contributed by atoms with Gasteiger partial charge in [-0.25, -0.2) is 0 Å². The quantitative estimate of drug-likeness (QED) is 0.674. The summed E-state index contributed by atoms with van der Waals surface area (Å²) in [5.74, 6) is 0. The second-order valence-electron chi connectivity index (χ2n) is 5.36. The second-order valence-corrected chi connectivity index (χ2v) is 6.76. The molecular formula is C14H24ClNS. The van der Waals surface area contributed by atoms with Gasteiger partial charge in [0.15, 0.2) is 0 Å². The molecule has 0 fully saturated rings. The Bertz CT molecular complexity index is 320. The van der Waals surface area contributed by atoms with Crippen LogP contribution in [0.3, 0.4) is 0 Å². The summed E-state index contributed by atoms with van der Waals surface area (Å²) in [5, 5.41) is 6.49. The third-order valence-corrected chi connectivity index (χ3v) is 4.57. The van der Waals surface area contributed by atoms with Crippen molar-refractivity contribution in [2.24, 2.45) is 5.41 Å². The van der Waals surface area contributed by atoms with Crippen LogP contribution in [0.25, 0.3) is 0 Å². The molecule has 1 rings (SSSR count). The lowest BCUT2D eigenvalue weighted by atomic mass is 9.84. The summed E-state index contributed by atoms with van der Waals surface area (Å²) in [6.45, 7) is 9.16. The fourth-order valence-electron chi connectivity index (χ4n) is 1.81. The second kappa shape index (κ2) is 7.40. The molecule has 0 saturated carbocycles. The summed E-state index contributed by atoms with van der Waals surface area (Å²) in [5.41, 5.74) is 0.397. The predicted molar refractivity (Wildman–Crippen MR) is 79.2 cm³/mol. The lowest BCUT2D eigenvalue weighted by Crippen LogP contribution is -2.23. The van der Waals surface area contributed by atoms with Crippen LogP contribution in [-0.4, -0.2) is 13.1 Å². The van der Waals surface area contributed by atoms with Gasteiger partial charge in [-0.1, -0.05) is 32.4 Å². The van der Waals surface area contributed by atoms with Gasteiger partial charge in [0.2, 0.25) is 0 Å². The zero-order valence-corrected chi connectivity index (χ0v) is 12.8. The molecule has 17 heavy (non-hydrogen) atoms. The van der Waals surface area contributed by atoms with Crippen molar-refractivity contribution in [1.82, 2.24) is 5.32 Å². The molecule has 0 aliphatic carbocycles. The van der Waals surface area contributed by atoms with Gasteiger partial charge in [-0.05, 0) is 55.6 Å². The van der Waals surface area contributed by atoms with Crippen molar-refractivity contribution in [2.75, 3.05) is 13.1 Å². The van der Waals surface area contributed by atoms with Crippen LogP contribution in [-0.2, 0) is 6.42 Å². The zero-order chi connectivity index (χ0) is 12.7. The summed E-state index contributed by atoms with van der Waals surface area (Å²) < 4.78 is 0. The number of aryl methyl sites for hydroxylation is 1. The molecule has 0 atom stereocenters. The van der Waals surface area contributed by atoms with Gasteiger partial charge in [0, 0.05) is 4.88 Å². The van der Waals surface area contributed by atoms with E-state index in [0.717, 1.165) is 24.5 Å². The van der Waals surface area contributed by atoms with Gasteiger partial charge < -0.3 is 5.32 Å². The first kappa shape index (κ1) is 15.0. The number of rotatable bonds is 8. The topological polar surface area (TPSA) is 12.0 Å². The first-order valence-electron chi connectivity index (χ1n) is 6.48. The first-order valence-corrected chi connectivity index (χ1v) is 7.73. The molecule has 0 aliphatic rings. The van der Waals surface area contributed by atoms with Crippen molar-refractivity contribution in [3.8, 4) is 0 Å². The van der Waals surface area contributed by atoms with E-state index in [4.69, 9.17) is 11.6 Å². The average Bonchev–Trinajstić information content (AvgIpc) is 2.68. The van der Waals surface area contributed by atoms with Gasteiger partial charge >= 0.3 is 0 Å². The number of halogens is 1. The molecular weight excluding hydrogens is 250 g/mol. The Morgan fingerprint density at radius 3 is 2.65 bits per heavy atom. The molecule has 0 unspecified atom stereocenters. The summed E-state index contributed by atoms with van der Waals surface area (Å²) in [6.07, 6.45) is 4.76. The Labute approximate surface area is 115 Å². The molecule has 98 valence electrons. The third kappa shape index (κ3) is 5.89. The number of hydrogen-bond donors (Lipinski definition) is 1. The lowest BCUT2D eigenvalue weighted by molar-refractivity contribution is 0.303. The van der Waals surface area contributed by atoms with Gasteiger partial charge in [0.1, 0.15) is 0 Å². The van der Waals surface area contributed by atoms with Crippen LogP contribution in [0.4, 0.5) is 0 Å². The SMILES string of the molecule is CCCNCCC(C)(C)CCc1sccc1Cl. The van der Waals surface area contributed by atoms with E-state index in [1.165, 1.54) is 24.1 Å². The molecule has 0 aromatic carbocycles. The maximum atomic E-state index is 6.11. The Balaban J connectivity index is 2.26. The van der Waals surface area contributed by atoms with Crippen LogP contribution in [0.2, 0.25) is 5.02 Å². The van der Waals surface area contributed by atoms with E-state index in [9.17, 15) is 0 Å². The summed E-state index contributed by atoms with van der Waals surface area (Å²) >= 11 is 7.89. The molecule has 0 amide bonds. The molecule has 0 bridgehead atoms. The molecule has 0 saturated heterocycles. The highest BCUT2D eigenvalue weighted by molar-refractivity contribution is 7.10. The number of hydrogen-bond acceptors (Lipinski definition) is 2. The minimum Gasteiger partial charge on any atom is -0.317 e. The van der Waals surface area contributed by atoms with Gasteiger partial charge in [-0.2, -0.15) is 0 Å². The van der Waals surface area contributed by atoms with Gasteiger partial charge in [0.05, 0.1) is 5.02 Å². The normalized spacial score (nSPS) is 12.0. The third-order valence-electron chi connectivity index (χ3n) is 3.13. The highest BCUT2D eigenvalue weighted by Gasteiger charge is 2.18. The fourth-order valence-corrected chi connectivity index (χ4v) is 2.94. The van der Waals surface area contributed by atoms with E-state index in [2.05, 4.69) is 31.5 Å². The molecule has 1 nitrogen and oxygen atoms in total. The molecule has 1 aromatic rings. The first-order chi connectivity index (χ1) is 8.05. The van der Waals surface area contributed by atoms with E-state index in [-0.39, 0.29) is 0 Å². The molecule has 1 N–H and O–H groups in total. The number of thiophene rings is 1. The Morgan fingerprint density at radius 1 is 1.29 bits per heavy atom. The van der Waals surface area contributed by atoms with Crippen molar-refractivity contribution in [2.45, 2.75) is 46.5 Å². The minimum atomic E-state index is 0.397. The van der Waals surface area contributed by atoms with Crippen LogP contribution >= 0.6 is 22.9 Å². The van der Waals surface area contributed by atoms with Gasteiger partial charge in [-0.15, -0.1) is 11.3 Å². The molecule has 1 heterocycles. The summed E-state index contributed by atoms with van der Waals surface area (Å²) in [4.78, 5) is 1.33. The van der Waals surface area contributed by atoms with E-state index in [1.807, 2.05) is 6.07 Å². The van der Waals surface area contributed by atoms with Gasteiger partial charge in [-0.3, -0.25) is 0 Å². The minimum absolute atomic E-state index is 0.397. The van der Waals surface area contributed by atoms with Crippen LogP contribution in [0.5, 0.6) is 0 Å². The largest absolute Gasteiger partial charge is 0.317 e. The standard InChI is InChI=1S/C14H24ClNS/c1-4-9-16-10-8-14(2,3)7-5-13-12(15)6-11-17-13/h6,11,16H,4-5,7-10H2,1-3H3. The molecule has 3 heteroatoms. The van der Waals surface area contributed by atoms with Crippen LogP contribution in [0.1, 0.15) is 44.9 Å². The highest BCUT2D eigenvalue weighted by atomic mass is 35.5. The fraction of sp³-hybridized carbons (Fsp3) is 0.714. The Hall–Kier alpha value is -0.0500. The summed E-state index contributed by atoms with van der Waals surface area (Å²) in [7, 11) is 0. The van der Waals surface area contributed by atoms with Crippen molar-refractivity contribution < 1.29 is 0 Å². The zero-order valence-electron chi connectivity index (χ0n) is 11.2. The van der Waals surface area contributed by atoms with E-state index in [1.54, 1.807) is 11.3 Å². The van der Waals surface area contributed by atoms with Crippen LogP contribution in [0.15, 0.2) is 11.4 Å². The lowest BCUT2D eigenvalue weighted by Gasteiger charge is -2.24. The maximum absolute atomic E-state index is 6.11. The Kier molecular flexibility index (Phi) is 6.53. The van der Waals surface area contributed by atoms with E-state index >= 15 is 0 Å². The Morgan fingerprint density at radius 2 is 2.06 bits per heavy atom. The maximum Gasteiger partial charge on any atom is 0.0544 e. The molecule has 1 aromatic heterocycles. The van der Waals surface area contributed by atoms with Gasteiger partial charge in [0.25, 0.3) is 0 Å². The van der Waals surface area contributed by atoms with Crippen molar-refractivity contribution >= 4 is 22.9 Å². The van der Waals surface area contributed by atoms with Crippen LogP contribution in [0, 0.1) is 5.41 Å². The summed E-state index contributed by atoms with van der Waals surface area (Å²) in [6, 6.07) is 2.00. The molecule has 0 aliphatic heterocycles. The van der Waals surface area contributed by atoms with E-state index in [0.29, 0.717) is 5.41 Å².